The third-order valence-electron chi connectivity index (χ3n) is 6.29. The summed E-state index contributed by atoms with van der Waals surface area (Å²) in [4.78, 5) is 9.19. The molecule has 0 radical (unpaired) electrons. The Bertz CT molecular complexity index is 1130. The number of oxime groups is 1. The van der Waals surface area contributed by atoms with E-state index in [-0.39, 0.29) is 35.1 Å². The predicted molar refractivity (Wildman–Crippen MR) is 141 cm³/mol. The Morgan fingerprint density at radius 1 is 1.28 bits per heavy atom. The second-order valence-electron chi connectivity index (χ2n) is 9.37. The fraction of sp³-hybridized carbons (Fsp3) is 0.462. The van der Waals surface area contributed by atoms with E-state index in [0.717, 1.165) is 37.1 Å². The molecule has 4 N–H and O–H groups in total. The molecule has 0 aromatic heterocycles. The average Bonchev–Trinajstić information content (AvgIpc) is 3.69. The molecule has 4 rings (SSSR count). The number of phenolic OH excluding ortho intramolecular Hbond substituents is 1. The second-order valence-corrected chi connectivity index (χ2v) is 9.78. The number of hydrogen-bond donors (Lipinski definition) is 3. The lowest BCUT2D eigenvalue weighted by Crippen LogP contribution is -2.42. The fourth-order valence-corrected chi connectivity index (χ4v) is 4.28. The first kappa shape index (κ1) is 26.1. The molecule has 2 aromatic rings. The number of morpholine rings is 1. The van der Waals surface area contributed by atoms with Gasteiger partial charge in [0.1, 0.15) is 23.4 Å². The van der Waals surface area contributed by atoms with Crippen molar-refractivity contribution in [1.29, 1.82) is 5.41 Å². The minimum Gasteiger partial charge on any atom is -0.507 e. The molecular weight excluding hydrogens is 482 g/mol. The topological polar surface area (TPSA) is 117 Å². The van der Waals surface area contributed by atoms with Gasteiger partial charge >= 0.3 is 0 Å². The summed E-state index contributed by atoms with van der Waals surface area (Å²) in [6, 6.07) is 8.80. The van der Waals surface area contributed by atoms with E-state index >= 15 is 0 Å². The van der Waals surface area contributed by atoms with E-state index in [0.29, 0.717) is 36.2 Å². The van der Waals surface area contributed by atoms with E-state index in [9.17, 15) is 5.11 Å². The third kappa shape index (κ3) is 6.03. The van der Waals surface area contributed by atoms with Crippen LogP contribution in [0.25, 0.3) is 0 Å². The van der Waals surface area contributed by atoms with Gasteiger partial charge in [0.15, 0.2) is 0 Å². The lowest BCUT2D eigenvalue weighted by Gasteiger charge is -2.28. The second kappa shape index (κ2) is 11.4. The van der Waals surface area contributed by atoms with Crippen LogP contribution in [0.3, 0.4) is 0 Å². The number of benzene rings is 2. The van der Waals surface area contributed by atoms with Crippen LogP contribution < -0.4 is 15.4 Å². The highest BCUT2D eigenvalue weighted by Crippen LogP contribution is 2.35. The van der Waals surface area contributed by atoms with Gasteiger partial charge in [-0.25, -0.2) is 0 Å². The summed E-state index contributed by atoms with van der Waals surface area (Å²) in [5.41, 5.74) is 9.00. The van der Waals surface area contributed by atoms with Crippen molar-refractivity contribution in [3.8, 4) is 11.5 Å². The molecule has 194 valence electrons. The molecule has 36 heavy (non-hydrogen) atoms. The molecule has 2 fully saturated rings. The van der Waals surface area contributed by atoms with Crippen molar-refractivity contribution in [1.82, 2.24) is 4.90 Å². The number of nitrogens with one attached hydrogen (secondary N) is 1. The van der Waals surface area contributed by atoms with Crippen molar-refractivity contribution < 1.29 is 19.4 Å². The Morgan fingerprint density at radius 2 is 2.00 bits per heavy atom. The number of aromatic hydroxyl groups is 1. The SMILES string of the molecule is COc1cc(O)c(C(=N)N(/C(N)=N/OC2CC2)c2ccc(CN3CCOCC3)c(Cl)c2)cc1C(C)C. The molecule has 2 aromatic carbocycles. The van der Waals surface area contributed by atoms with Crippen LogP contribution in [0.4, 0.5) is 5.69 Å². The van der Waals surface area contributed by atoms with E-state index < -0.39 is 0 Å². The maximum atomic E-state index is 10.8. The maximum Gasteiger partial charge on any atom is 0.243 e. The van der Waals surface area contributed by atoms with Gasteiger partial charge in [0, 0.05) is 30.7 Å². The Kier molecular flexibility index (Phi) is 8.23. The summed E-state index contributed by atoms with van der Waals surface area (Å²) >= 11 is 6.69. The first-order valence-electron chi connectivity index (χ1n) is 12.2. The van der Waals surface area contributed by atoms with Crippen molar-refractivity contribution in [2.75, 3.05) is 38.3 Å². The number of hydrogen-bond acceptors (Lipinski definition) is 7. The number of guanidine groups is 1. The monoisotopic (exact) mass is 515 g/mol. The Balaban J connectivity index is 1.69. The first-order valence-corrected chi connectivity index (χ1v) is 12.5. The number of nitrogens with zero attached hydrogens (tertiary/aromatic N) is 3. The first-order chi connectivity index (χ1) is 17.3. The van der Waals surface area contributed by atoms with Crippen molar-refractivity contribution in [3.63, 3.8) is 0 Å². The summed E-state index contributed by atoms with van der Waals surface area (Å²) in [5, 5.41) is 24.5. The van der Waals surface area contributed by atoms with E-state index in [1.54, 1.807) is 19.2 Å². The van der Waals surface area contributed by atoms with E-state index in [1.165, 1.54) is 11.0 Å². The van der Waals surface area contributed by atoms with Gasteiger partial charge in [-0.15, -0.1) is 0 Å². The summed E-state index contributed by atoms with van der Waals surface area (Å²) in [5.74, 6) is 0.482. The molecule has 1 saturated carbocycles. The van der Waals surface area contributed by atoms with Gasteiger partial charge in [0.25, 0.3) is 0 Å². The van der Waals surface area contributed by atoms with Gasteiger partial charge in [-0.05, 0) is 53.2 Å². The molecule has 1 saturated heterocycles. The van der Waals surface area contributed by atoms with Crippen LogP contribution in [0.2, 0.25) is 5.02 Å². The molecular formula is C26H34ClN5O4. The van der Waals surface area contributed by atoms with Crippen molar-refractivity contribution >= 4 is 29.1 Å². The summed E-state index contributed by atoms with van der Waals surface area (Å²) in [6.45, 7) is 7.85. The quantitative estimate of drug-likeness (QED) is 0.273. The Morgan fingerprint density at radius 3 is 2.61 bits per heavy atom. The minimum atomic E-state index is -0.0998. The average molecular weight is 516 g/mol. The molecule has 1 heterocycles. The van der Waals surface area contributed by atoms with Gasteiger partial charge in [-0.3, -0.25) is 15.2 Å². The van der Waals surface area contributed by atoms with Gasteiger partial charge < -0.3 is 25.2 Å². The number of nitrogens with two attached hydrogens (primary N) is 1. The van der Waals surface area contributed by atoms with Crippen molar-refractivity contribution in [2.45, 2.75) is 45.3 Å². The fourth-order valence-electron chi connectivity index (χ4n) is 4.05. The highest BCUT2D eigenvalue weighted by atomic mass is 35.5. The van der Waals surface area contributed by atoms with Crippen LogP contribution in [0.1, 0.15) is 49.3 Å². The molecule has 0 spiro atoms. The van der Waals surface area contributed by atoms with Gasteiger partial charge in [-0.1, -0.05) is 31.5 Å². The number of rotatable bonds is 8. The van der Waals surface area contributed by atoms with Crippen LogP contribution in [0.15, 0.2) is 35.5 Å². The lowest BCUT2D eigenvalue weighted by molar-refractivity contribution is 0.0342. The van der Waals surface area contributed by atoms with Gasteiger partial charge in [-0.2, -0.15) is 0 Å². The number of phenols is 1. The van der Waals surface area contributed by atoms with Gasteiger partial charge in [0.2, 0.25) is 5.96 Å². The normalized spacial score (nSPS) is 16.8. The zero-order chi connectivity index (χ0) is 25.8. The number of anilines is 1. The van der Waals surface area contributed by atoms with Crippen LogP contribution in [-0.2, 0) is 16.1 Å². The zero-order valence-electron chi connectivity index (χ0n) is 21.0. The molecule has 1 aliphatic carbocycles. The predicted octanol–water partition coefficient (Wildman–Crippen LogP) is 4.25. The Hall–Kier alpha value is -3.01. The highest BCUT2D eigenvalue weighted by molar-refractivity contribution is 6.32. The summed E-state index contributed by atoms with van der Waals surface area (Å²) < 4.78 is 10.9. The summed E-state index contributed by atoms with van der Waals surface area (Å²) in [6.07, 6.45) is 1.89. The minimum absolute atomic E-state index is 0.0230. The van der Waals surface area contributed by atoms with E-state index in [1.807, 2.05) is 26.0 Å². The zero-order valence-corrected chi connectivity index (χ0v) is 21.7. The molecule has 10 heteroatoms. The largest absolute Gasteiger partial charge is 0.507 e. The van der Waals surface area contributed by atoms with Crippen LogP contribution in [-0.4, -0.2) is 61.3 Å². The number of amidine groups is 1. The van der Waals surface area contributed by atoms with Crippen molar-refractivity contribution in [2.24, 2.45) is 10.9 Å². The molecule has 0 atom stereocenters. The molecule has 0 amide bonds. The number of ether oxygens (including phenoxy) is 2. The van der Waals surface area contributed by atoms with Crippen molar-refractivity contribution in [3.05, 3.63) is 52.0 Å². The molecule has 0 unspecified atom stereocenters. The molecule has 9 nitrogen and oxygen atoms in total. The van der Waals surface area contributed by atoms with Crippen LogP contribution in [0, 0.1) is 5.41 Å². The molecule has 2 aliphatic rings. The van der Waals surface area contributed by atoms with Crippen LogP contribution in [0.5, 0.6) is 11.5 Å². The lowest BCUT2D eigenvalue weighted by atomic mass is 9.98. The standard InChI is InChI=1S/C26H34ClN5O4/c1-16(2)20-13-21(23(33)14-24(20)34-3)25(28)32(26(29)30-36-19-6-7-19)18-5-4-17(22(27)12-18)15-31-8-10-35-11-9-31/h4-5,12-14,16,19,28,33H,6-11,15H2,1-3H3,(H2,29,30). The highest BCUT2D eigenvalue weighted by Gasteiger charge is 2.27. The molecule has 0 bridgehead atoms. The third-order valence-corrected chi connectivity index (χ3v) is 6.64. The van der Waals surface area contributed by atoms with Crippen LogP contribution >= 0.6 is 11.6 Å². The van der Waals surface area contributed by atoms with Gasteiger partial charge in [0.05, 0.1) is 31.6 Å². The number of methoxy groups -OCH3 is 1. The number of halogens is 1. The smallest absolute Gasteiger partial charge is 0.243 e. The molecule has 1 aliphatic heterocycles. The maximum absolute atomic E-state index is 10.8. The van der Waals surface area contributed by atoms with E-state index in [4.69, 9.17) is 37.1 Å². The summed E-state index contributed by atoms with van der Waals surface area (Å²) in [7, 11) is 1.55. The Labute approximate surface area is 216 Å². The van der Waals surface area contributed by atoms with E-state index in [2.05, 4.69) is 10.1 Å².